The quantitative estimate of drug-likeness (QED) is 0.794. The third-order valence-electron chi connectivity index (χ3n) is 3.81. The number of halogens is 3. The van der Waals surface area contributed by atoms with E-state index in [1.807, 2.05) is 37.3 Å². The average Bonchev–Trinajstić information content (AvgIpc) is 2.60. The number of carbonyl (C=O) groups excluding carboxylic acids is 1. The van der Waals surface area contributed by atoms with Crippen LogP contribution in [0.15, 0.2) is 54.6 Å². The van der Waals surface area contributed by atoms with Gasteiger partial charge in [-0.05, 0) is 30.7 Å². The predicted molar refractivity (Wildman–Crippen MR) is 92.1 cm³/mol. The number of nitrogens with zero attached hydrogens (tertiary/aromatic N) is 1. The molecule has 0 spiro atoms. The standard InChI is InChI=1S/C19H21F3N2O/c1-2-24(14-15-7-4-3-5-8-15)18(25)11-12-23-17-10-6-9-16(13-17)19(20,21)22/h3-10,13,23H,2,11-12,14H2,1H3. The Labute approximate surface area is 145 Å². The van der Waals surface area contributed by atoms with E-state index < -0.39 is 11.7 Å². The lowest BCUT2D eigenvalue weighted by Gasteiger charge is -2.21. The van der Waals surface area contributed by atoms with Gasteiger partial charge >= 0.3 is 6.18 Å². The lowest BCUT2D eigenvalue weighted by Crippen LogP contribution is -2.31. The highest BCUT2D eigenvalue weighted by atomic mass is 19.4. The Kier molecular flexibility index (Phi) is 6.44. The zero-order valence-electron chi connectivity index (χ0n) is 14.0. The van der Waals surface area contributed by atoms with Crippen molar-refractivity contribution in [2.45, 2.75) is 26.1 Å². The molecule has 0 heterocycles. The maximum Gasteiger partial charge on any atom is 0.416 e. The normalized spacial score (nSPS) is 11.2. The minimum absolute atomic E-state index is 0.0363. The first-order valence-corrected chi connectivity index (χ1v) is 8.13. The summed E-state index contributed by atoms with van der Waals surface area (Å²) >= 11 is 0. The summed E-state index contributed by atoms with van der Waals surface area (Å²) in [5.74, 6) is -0.0363. The monoisotopic (exact) mass is 350 g/mol. The highest BCUT2D eigenvalue weighted by molar-refractivity contribution is 5.76. The summed E-state index contributed by atoms with van der Waals surface area (Å²) in [4.78, 5) is 14.0. The summed E-state index contributed by atoms with van der Waals surface area (Å²) in [5.41, 5.74) is 0.695. The molecule has 0 aliphatic heterocycles. The van der Waals surface area contributed by atoms with Crippen LogP contribution in [-0.4, -0.2) is 23.9 Å². The van der Waals surface area contributed by atoms with Gasteiger partial charge in [0.25, 0.3) is 0 Å². The van der Waals surface area contributed by atoms with Crippen LogP contribution < -0.4 is 5.32 Å². The average molecular weight is 350 g/mol. The summed E-state index contributed by atoms with van der Waals surface area (Å²) in [6.07, 6.45) is -4.15. The van der Waals surface area contributed by atoms with Gasteiger partial charge in [-0.2, -0.15) is 13.2 Å². The molecular weight excluding hydrogens is 329 g/mol. The van der Waals surface area contributed by atoms with Gasteiger partial charge in [-0.25, -0.2) is 0 Å². The van der Waals surface area contributed by atoms with Crippen molar-refractivity contribution in [1.82, 2.24) is 4.90 Å². The fraction of sp³-hybridized carbons (Fsp3) is 0.316. The second kappa shape index (κ2) is 8.55. The minimum atomic E-state index is -4.37. The van der Waals surface area contributed by atoms with Gasteiger partial charge in [0.05, 0.1) is 5.56 Å². The third kappa shape index (κ3) is 5.81. The molecule has 2 rings (SSSR count). The van der Waals surface area contributed by atoms with Gasteiger partial charge in [-0.3, -0.25) is 4.79 Å². The largest absolute Gasteiger partial charge is 0.416 e. The Bertz CT molecular complexity index is 687. The van der Waals surface area contributed by atoms with Crippen LogP contribution in [0.4, 0.5) is 18.9 Å². The number of hydrogen-bond acceptors (Lipinski definition) is 2. The molecular formula is C19H21F3N2O. The number of alkyl halides is 3. The number of amides is 1. The summed E-state index contributed by atoms with van der Waals surface area (Å²) in [6.45, 7) is 3.30. The van der Waals surface area contributed by atoms with Gasteiger partial charge in [-0.15, -0.1) is 0 Å². The topological polar surface area (TPSA) is 32.3 Å². The van der Waals surface area contributed by atoms with E-state index in [1.54, 1.807) is 11.0 Å². The Balaban J connectivity index is 1.87. The summed E-state index contributed by atoms with van der Waals surface area (Å²) in [7, 11) is 0. The molecule has 0 aromatic heterocycles. The fourth-order valence-corrected chi connectivity index (χ4v) is 2.46. The van der Waals surface area contributed by atoms with Gasteiger partial charge in [-0.1, -0.05) is 36.4 Å². The maximum absolute atomic E-state index is 12.7. The lowest BCUT2D eigenvalue weighted by molar-refractivity contribution is -0.137. The van der Waals surface area contributed by atoms with E-state index in [9.17, 15) is 18.0 Å². The lowest BCUT2D eigenvalue weighted by atomic mass is 10.2. The molecule has 0 unspecified atom stereocenters. The molecule has 0 aliphatic carbocycles. The van der Waals surface area contributed by atoms with E-state index in [4.69, 9.17) is 0 Å². The molecule has 0 radical (unpaired) electrons. The summed E-state index contributed by atoms with van der Waals surface area (Å²) in [6, 6.07) is 14.6. The number of rotatable bonds is 7. The number of nitrogens with one attached hydrogen (secondary N) is 1. The highest BCUT2D eigenvalue weighted by Crippen LogP contribution is 2.30. The zero-order valence-corrected chi connectivity index (χ0v) is 14.0. The highest BCUT2D eigenvalue weighted by Gasteiger charge is 2.30. The van der Waals surface area contributed by atoms with E-state index in [1.165, 1.54) is 6.07 Å². The molecule has 25 heavy (non-hydrogen) atoms. The van der Waals surface area contributed by atoms with E-state index in [0.29, 0.717) is 18.8 Å². The number of benzene rings is 2. The van der Waals surface area contributed by atoms with Crippen LogP contribution in [0.2, 0.25) is 0 Å². The third-order valence-corrected chi connectivity index (χ3v) is 3.81. The van der Waals surface area contributed by atoms with Crippen LogP contribution in [0, 0.1) is 0 Å². The molecule has 6 heteroatoms. The molecule has 0 aliphatic rings. The first-order chi connectivity index (χ1) is 11.9. The minimum Gasteiger partial charge on any atom is -0.385 e. The Morgan fingerprint density at radius 3 is 2.44 bits per heavy atom. The van der Waals surface area contributed by atoms with Crippen molar-refractivity contribution in [2.75, 3.05) is 18.4 Å². The van der Waals surface area contributed by atoms with E-state index in [2.05, 4.69) is 5.32 Å². The van der Waals surface area contributed by atoms with Gasteiger partial charge in [0.2, 0.25) is 5.91 Å². The Morgan fingerprint density at radius 1 is 1.08 bits per heavy atom. The Morgan fingerprint density at radius 2 is 1.80 bits per heavy atom. The molecule has 134 valence electrons. The van der Waals surface area contributed by atoms with E-state index in [-0.39, 0.29) is 18.9 Å². The van der Waals surface area contributed by atoms with Crippen LogP contribution in [0.1, 0.15) is 24.5 Å². The molecule has 1 N–H and O–H groups in total. The van der Waals surface area contributed by atoms with Crippen molar-refractivity contribution in [1.29, 1.82) is 0 Å². The van der Waals surface area contributed by atoms with Crippen molar-refractivity contribution < 1.29 is 18.0 Å². The number of carbonyl (C=O) groups is 1. The Hall–Kier alpha value is -2.50. The fourth-order valence-electron chi connectivity index (χ4n) is 2.46. The second-order valence-electron chi connectivity index (χ2n) is 5.65. The molecule has 2 aromatic rings. The molecule has 0 saturated carbocycles. The van der Waals surface area contributed by atoms with Crippen molar-refractivity contribution in [2.24, 2.45) is 0 Å². The van der Waals surface area contributed by atoms with Crippen molar-refractivity contribution in [3.8, 4) is 0 Å². The smallest absolute Gasteiger partial charge is 0.385 e. The molecule has 2 aromatic carbocycles. The van der Waals surface area contributed by atoms with E-state index >= 15 is 0 Å². The molecule has 1 amide bonds. The van der Waals surface area contributed by atoms with E-state index in [0.717, 1.165) is 17.7 Å². The van der Waals surface area contributed by atoms with Crippen LogP contribution in [-0.2, 0) is 17.5 Å². The van der Waals surface area contributed by atoms with Crippen molar-refractivity contribution >= 4 is 11.6 Å². The van der Waals surface area contributed by atoms with Crippen molar-refractivity contribution in [3.05, 3.63) is 65.7 Å². The number of anilines is 1. The maximum atomic E-state index is 12.7. The first-order valence-electron chi connectivity index (χ1n) is 8.13. The SMILES string of the molecule is CCN(Cc1ccccc1)C(=O)CCNc1cccc(C(F)(F)F)c1. The molecule has 0 fully saturated rings. The molecule has 3 nitrogen and oxygen atoms in total. The van der Waals surface area contributed by atoms with Crippen molar-refractivity contribution in [3.63, 3.8) is 0 Å². The van der Waals surface area contributed by atoms with Gasteiger partial charge in [0, 0.05) is 31.7 Å². The number of hydrogen-bond donors (Lipinski definition) is 1. The van der Waals surface area contributed by atoms with Crippen LogP contribution >= 0.6 is 0 Å². The second-order valence-corrected chi connectivity index (χ2v) is 5.65. The van der Waals surface area contributed by atoms with Gasteiger partial charge in [0.15, 0.2) is 0 Å². The predicted octanol–water partition coefficient (Wildman–Crippen LogP) is 4.56. The van der Waals surface area contributed by atoms with Crippen LogP contribution in [0.5, 0.6) is 0 Å². The molecule has 0 saturated heterocycles. The summed E-state index contributed by atoms with van der Waals surface area (Å²) < 4.78 is 38.1. The van der Waals surface area contributed by atoms with Crippen LogP contribution in [0.3, 0.4) is 0 Å². The molecule has 0 bridgehead atoms. The van der Waals surface area contributed by atoms with Gasteiger partial charge < -0.3 is 10.2 Å². The zero-order chi connectivity index (χ0) is 18.3. The summed E-state index contributed by atoms with van der Waals surface area (Å²) in [5, 5.41) is 2.88. The van der Waals surface area contributed by atoms with Crippen LogP contribution in [0.25, 0.3) is 0 Å². The molecule has 0 atom stereocenters. The first kappa shape index (κ1) is 18.8. The van der Waals surface area contributed by atoms with Gasteiger partial charge in [0.1, 0.15) is 0 Å².